The maximum atomic E-state index is 12.3. The van der Waals surface area contributed by atoms with Crippen LogP contribution in [0.15, 0.2) is 0 Å². The number of hydrogen-bond donors (Lipinski definition) is 1. The van der Waals surface area contributed by atoms with Crippen molar-refractivity contribution in [3.05, 3.63) is 0 Å². The van der Waals surface area contributed by atoms with E-state index in [1.54, 1.807) is 0 Å². The average Bonchev–Trinajstić information content (AvgIpc) is 2.43. The fourth-order valence-electron chi connectivity index (χ4n) is 2.52. The summed E-state index contributed by atoms with van der Waals surface area (Å²) in [6, 6.07) is 0.318. The van der Waals surface area contributed by atoms with Crippen LogP contribution in [0.5, 0.6) is 0 Å². The first kappa shape index (κ1) is 13.4. The highest BCUT2D eigenvalue weighted by molar-refractivity contribution is 7.80. The van der Waals surface area contributed by atoms with E-state index < -0.39 is 0 Å². The van der Waals surface area contributed by atoms with Crippen LogP contribution in [0.25, 0.3) is 0 Å². The highest BCUT2D eigenvalue weighted by atomic mass is 32.1. The normalized spacial score (nSPS) is 27.2. The van der Waals surface area contributed by atoms with Crippen molar-refractivity contribution in [3.63, 3.8) is 0 Å². The average molecular weight is 242 g/mol. The van der Waals surface area contributed by atoms with Crippen LogP contribution in [-0.4, -0.2) is 28.4 Å². The van der Waals surface area contributed by atoms with Crippen LogP contribution in [0.3, 0.4) is 0 Å². The van der Waals surface area contributed by atoms with E-state index in [2.05, 4.69) is 13.8 Å². The summed E-state index contributed by atoms with van der Waals surface area (Å²) in [4.78, 5) is 14.6. The number of carbonyl (C=O) groups excluding carboxylic acids is 1. The molecule has 1 aliphatic heterocycles. The molecule has 0 aliphatic carbocycles. The summed E-state index contributed by atoms with van der Waals surface area (Å²) >= 11 is 5.00. The molecule has 0 saturated carbocycles. The maximum Gasteiger partial charge on any atom is 0.233 e. The van der Waals surface area contributed by atoms with Crippen LogP contribution in [0.4, 0.5) is 0 Å². The van der Waals surface area contributed by atoms with Crippen LogP contribution in [0.2, 0.25) is 0 Å². The van der Waals surface area contributed by atoms with Gasteiger partial charge in [0.1, 0.15) is 0 Å². The Bertz CT molecular complexity index is 291. The van der Waals surface area contributed by atoms with Crippen molar-refractivity contribution < 1.29 is 4.79 Å². The third-order valence-electron chi connectivity index (χ3n) is 3.31. The number of rotatable bonds is 3. The number of hydrogen-bond acceptors (Lipinski definition) is 2. The minimum absolute atomic E-state index is 0.111. The smallest absolute Gasteiger partial charge is 0.233 e. The number of nitrogens with two attached hydrogens (primary N) is 1. The van der Waals surface area contributed by atoms with Crippen molar-refractivity contribution in [1.29, 1.82) is 0 Å². The van der Waals surface area contributed by atoms with E-state index >= 15 is 0 Å². The van der Waals surface area contributed by atoms with Gasteiger partial charge in [0.2, 0.25) is 5.91 Å². The molecule has 1 fully saturated rings. The van der Waals surface area contributed by atoms with Gasteiger partial charge >= 0.3 is 0 Å². The Morgan fingerprint density at radius 1 is 1.44 bits per heavy atom. The Morgan fingerprint density at radius 3 is 2.31 bits per heavy atom. The fourth-order valence-corrected chi connectivity index (χ4v) is 2.89. The third kappa shape index (κ3) is 2.73. The molecule has 1 rings (SSSR count). The second-order valence-electron chi connectivity index (χ2n) is 5.30. The molecule has 1 heterocycles. The second-order valence-corrected chi connectivity index (χ2v) is 5.78. The van der Waals surface area contributed by atoms with Gasteiger partial charge in [0.25, 0.3) is 0 Å². The number of nitrogens with zero attached hydrogens (tertiary/aromatic N) is 1. The molecule has 0 spiro atoms. The maximum absolute atomic E-state index is 12.3. The molecule has 3 nitrogen and oxygen atoms in total. The van der Waals surface area contributed by atoms with E-state index in [1.807, 2.05) is 18.7 Å². The summed E-state index contributed by atoms with van der Waals surface area (Å²) in [6.07, 6.45) is 1.08. The van der Waals surface area contributed by atoms with Crippen molar-refractivity contribution in [3.8, 4) is 0 Å². The molecule has 0 aromatic heterocycles. The van der Waals surface area contributed by atoms with Crippen molar-refractivity contribution in [1.82, 2.24) is 4.90 Å². The van der Waals surface area contributed by atoms with Gasteiger partial charge in [0, 0.05) is 12.6 Å². The van der Waals surface area contributed by atoms with Crippen LogP contribution in [0.1, 0.15) is 34.1 Å². The van der Waals surface area contributed by atoms with Gasteiger partial charge in [-0.15, -0.1) is 0 Å². The highest BCUT2D eigenvalue weighted by Gasteiger charge is 2.36. The molecule has 0 bridgehead atoms. The van der Waals surface area contributed by atoms with E-state index in [0.717, 1.165) is 13.0 Å². The van der Waals surface area contributed by atoms with Gasteiger partial charge in [-0.25, -0.2) is 0 Å². The van der Waals surface area contributed by atoms with Gasteiger partial charge in [-0.1, -0.05) is 33.0 Å². The van der Waals surface area contributed by atoms with Gasteiger partial charge in [0.05, 0.1) is 10.9 Å². The molecule has 0 radical (unpaired) electrons. The van der Waals surface area contributed by atoms with Crippen LogP contribution in [-0.2, 0) is 4.79 Å². The molecule has 3 atom stereocenters. The molecule has 92 valence electrons. The molecule has 2 N–H and O–H groups in total. The second kappa shape index (κ2) is 5.13. The largest absolute Gasteiger partial charge is 0.393 e. The predicted octanol–water partition coefficient (Wildman–Crippen LogP) is 1.80. The van der Waals surface area contributed by atoms with E-state index in [-0.39, 0.29) is 17.7 Å². The first-order chi connectivity index (χ1) is 7.34. The van der Waals surface area contributed by atoms with Crippen molar-refractivity contribution in [2.24, 2.45) is 23.5 Å². The van der Waals surface area contributed by atoms with Gasteiger partial charge < -0.3 is 10.6 Å². The van der Waals surface area contributed by atoms with Crippen LogP contribution >= 0.6 is 12.2 Å². The SMILES string of the molecule is CC1CC(C)N(C(=O)C(C(N)=S)C(C)C)C1. The molecule has 1 aliphatic rings. The number of thiocarbonyl (C=S) groups is 1. The first-order valence-electron chi connectivity index (χ1n) is 5.94. The van der Waals surface area contributed by atoms with Crippen molar-refractivity contribution >= 4 is 23.1 Å². The minimum Gasteiger partial charge on any atom is -0.393 e. The molecule has 1 amide bonds. The lowest BCUT2D eigenvalue weighted by atomic mass is 9.94. The summed E-state index contributed by atoms with van der Waals surface area (Å²) in [7, 11) is 0. The summed E-state index contributed by atoms with van der Waals surface area (Å²) < 4.78 is 0. The van der Waals surface area contributed by atoms with Crippen molar-refractivity contribution in [2.75, 3.05) is 6.54 Å². The van der Waals surface area contributed by atoms with E-state index in [1.165, 1.54) is 0 Å². The van der Waals surface area contributed by atoms with Crippen LogP contribution < -0.4 is 5.73 Å². The van der Waals surface area contributed by atoms with Gasteiger partial charge in [0.15, 0.2) is 0 Å². The van der Waals surface area contributed by atoms with Crippen LogP contribution in [0, 0.1) is 17.8 Å². The lowest BCUT2D eigenvalue weighted by Crippen LogP contribution is -2.45. The van der Waals surface area contributed by atoms with Crippen molar-refractivity contribution in [2.45, 2.75) is 40.2 Å². The zero-order chi connectivity index (χ0) is 12.5. The minimum atomic E-state index is -0.303. The molecular weight excluding hydrogens is 220 g/mol. The Balaban J connectivity index is 2.79. The Labute approximate surface area is 103 Å². The molecular formula is C12H22N2OS. The van der Waals surface area contributed by atoms with Gasteiger partial charge in [-0.3, -0.25) is 4.79 Å². The lowest BCUT2D eigenvalue weighted by Gasteiger charge is -2.28. The van der Waals surface area contributed by atoms with E-state index in [4.69, 9.17) is 18.0 Å². The fraction of sp³-hybridized carbons (Fsp3) is 0.833. The lowest BCUT2D eigenvalue weighted by molar-refractivity contribution is -0.135. The standard InChI is InChI=1S/C12H22N2OS/c1-7(2)10(11(13)16)12(15)14-6-8(3)5-9(14)4/h7-10H,5-6H2,1-4H3,(H2,13,16). The van der Waals surface area contributed by atoms with E-state index in [9.17, 15) is 4.79 Å². The summed E-state index contributed by atoms with van der Waals surface area (Å²) in [5.41, 5.74) is 5.67. The molecule has 0 aromatic carbocycles. The first-order valence-corrected chi connectivity index (χ1v) is 6.35. The zero-order valence-corrected chi connectivity index (χ0v) is 11.4. The summed E-state index contributed by atoms with van der Waals surface area (Å²) in [6.45, 7) is 9.09. The number of likely N-dealkylation sites (tertiary alicyclic amines) is 1. The van der Waals surface area contributed by atoms with Gasteiger partial charge in [-0.2, -0.15) is 0 Å². The Kier molecular flexibility index (Phi) is 4.30. The summed E-state index contributed by atoms with van der Waals surface area (Å²) in [5.74, 6) is 0.563. The topological polar surface area (TPSA) is 46.3 Å². The Morgan fingerprint density at radius 2 is 2.00 bits per heavy atom. The van der Waals surface area contributed by atoms with Gasteiger partial charge in [-0.05, 0) is 25.2 Å². The molecule has 3 unspecified atom stereocenters. The summed E-state index contributed by atoms with van der Waals surface area (Å²) in [5, 5.41) is 0. The molecule has 16 heavy (non-hydrogen) atoms. The zero-order valence-electron chi connectivity index (χ0n) is 10.6. The highest BCUT2D eigenvalue weighted by Crippen LogP contribution is 2.26. The Hall–Kier alpha value is -0.640. The number of carbonyl (C=O) groups is 1. The molecule has 4 heteroatoms. The van der Waals surface area contributed by atoms with E-state index in [0.29, 0.717) is 16.9 Å². The quantitative estimate of drug-likeness (QED) is 0.768. The molecule has 1 saturated heterocycles. The molecule has 0 aromatic rings. The predicted molar refractivity (Wildman–Crippen MR) is 70.1 cm³/mol. The monoisotopic (exact) mass is 242 g/mol. The number of amides is 1. The third-order valence-corrected chi connectivity index (χ3v) is 3.56.